The number of fused-ring (bicyclic) bond motifs is 4. The summed E-state index contributed by atoms with van der Waals surface area (Å²) in [5, 5.41) is 2.30. The van der Waals surface area contributed by atoms with E-state index in [2.05, 4.69) is 68.4 Å². The van der Waals surface area contributed by atoms with Crippen LogP contribution in [-0.4, -0.2) is 0 Å². The van der Waals surface area contributed by atoms with Crippen molar-refractivity contribution in [3.63, 3.8) is 0 Å². The third-order valence-corrected chi connectivity index (χ3v) is 11.0. The van der Waals surface area contributed by atoms with Crippen molar-refractivity contribution in [2.75, 3.05) is 4.90 Å². The maximum atomic E-state index is 9.69. The number of nitrogens with zero attached hydrogens (tertiary/aromatic N) is 1. The van der Waals surface area contributed by atoms with E-state index in [4.69, 9.17) is 0 Å². The highest BCUT2D eigenvalue weighted by Crippen LogP contribution is 2.52. The Labute approximate surface area is 341 Å². The van der Waals surface area contributed by atoms with E-state index in [0.717, 1.165) is 55.3 Å². The van der Waals surface area contributed by atoms with Gasteiger partial charge in [-0.05, 0) is 126 Å². The molecular weight excluding hydrogens is 675 g/mol. The van der Waals surface area contributed by atoms with E-state index in [1.54, 1.807) is 36.4 Å². The van der Waals surface area contributed by atoms with Crippen molar-refractivity contribution in [2.24, 2.45) is 0 Å². The van der Waals surface area contributed by atoms with Gasteiger partial charge in [0.05, 0.1) is 11.0 Å². The first-order chi connectivity index (χ1) is 30.9. The average molecular weight is 724 g/mol. The number of benzene rings is 9. The molecule has 266 valence electrons. The topological polar surface area (TPSA) is 3.24 Å². The van der Waals surface area contributed by atoms with Crippen molar-refractivity contribution >= 4 is 27.8 Å². The summed E-state index contributed by atoms with van der Waals surface area (Å²) in [4.78, 5) is 1.37. The predicted molar refractivity (Wildman–Crippen MR) is 238 cm³/mol. The molecule has 0 N–H and O–H groups in total. The molecule has 1 heteroatoms. The van der Waals surface area contributed by atoms with Crippen LogP contribution in [0.1, 0.15) is 35.9 Å². The first kappa shape index (κ1) is 26.0. The van der Waals surface area contributed by atoms with E-state index in [9.17, 15) is 11.0 Å². The average Bonchev–Trinajstić information content (AvgIpc) is 3.56. The highest BCUT2D eigenvalue weighted by Gasteiger charge is 2.37. The lowest BCUT2D eigenvalue weighted by molar-refractivity contribution is 0.662. The van der Waals surface area contributed by atoms with Crippen LogP contribution in [0.3, 0.4) is 0 Å². The molecule has 0 heterocycles. The zero-order chi connectivity index (χ0) is 44.6. The minimum absolute atomic E-state index is 0.123. The van der Waals surface area contributed by atoms with Crippen LogP contribution in [0.4, 0.5) is 17.1 Å². The van der Waals surface area contributed by atoms with Gasteiger partial charge in [0, 0.05) is 22.5 Å². The molecular formula is C55H41N. The third-order valence-electron chi connectivity index (χ3n) is 11.0. The molecule has 0 radical (unpaired) electrons. The van der Waals surface area contributed by atoms with Crippen molar-refractivity contribution in [3.05, 3.63) is 223 Å². The first-order valence-corrected chi connectivity index (χ1v) is 18.9. The molecule has 0 amide bonds. The van der Waals surface area contributed by atoms with Crippen LogP contribution in [0.15, 0.2) is 212 Å². The van der Waals surface area contributed by atoms with Gasteiger partial charge in [-0.25, -0.2) is 0 Å². The fourth-order valence-electron chi connectivity index (χ4n) is 8.20. The molecule has 1 aliphatic rings. The number of hydrogen-bond acceptors (Lipinski definition) is 1. The Bertz CT molecular complexity index is 3280. The van der Waals surface area contributed by atoms with Gasteiger partial charge in [0.1, 0.15) is 0 Å². The lowest BCUT2D eigenvalue weighted by atomic mass is 9.79. The lowest BCUT2D eigenvalue weighted by Gasteiger charge is -2.27. The lowest BCUT2D eigenvalue weighted by Crippen LogP contribution is -2.16. The fourth-order valence-corrected chi connectivity index (χ4v) is 8.20. The molecule has 0 aliphatic heterocycles. The molecule has 56 heavy (non-hydrogen) atoms. The Morgan fingerprint density at radius 2 is 0.875 bits per heavy atom. The smallest absolute Gasteiger partial charge is 0.0645 e. The molecule has 10 rings (SSSR count). The number of rotatable bonds is 7. The molecule has 0 saturated heterocycles. The van der Waals surface area contributed by atoms with Gasteiger partial charge >= 0.3 is 0 Å². The molecule has 1 aliphatic carbocycles. The minimum atomic E-state index is -0.497. The fraction of sp³-hybridized carbons (Fsp3) is 0.0545. The van der Waals surface area contributed by atoms with Gasteiger partial charge in [0.25, 0.3) is 0 Å². The summed E-state index contributed by atoms with van der Waals surface area (Å²) in [6.45, 7) is 4.22. The number of anilines is 3. The molecule has 0 atom stereocenters. The summed E-state index contributed by atoms with van der Waals surface area (Å²) in [6.07, 6.45) is 0. The largest absolute Gasteiger partial charge is 0.311 e. The number of hydrogen-bond donors (Lipinski definition) is 0. The maximum absolute atomic E-state index is 9.69. The standard InChI is InChI=1S/C55H41N/c1-55(2)53-21-9-8-18-51(53)52-20-11-19-50(54(52)55)42-28-34-49(35-29-42)56(47-30-24-40(25-31-47)38-12-4-3-5-13-38)48-32-26-41(27-33-48)44-16-10-17-45(36-44)46-23-22-39-14-6-7-15-43(39)37-46/h3-37H,1-2H3/i24D,25D,28D,29D,30D,31D,34D,35D. The molecule has 0 bridgehead atoms. The van der Waals surface area contributed by atoms with Gasteiger partial charge in [0.2, 0.25) is 0 Å². The molecule has 0 aromatic heterocycles. The zero-order valence-electron chi connectivity index (χ0n) is 39.0. The Morgan fingerprint density at radius 1 is 0.357 bits per heavy atom. The van der Waals surface area contributed by atoms with Gasteiger partial charge in [-0.2, -0.15) is 0 Å². The molecule has 9 aromatic carbocycles. The summed E-state index contributed by atoms with van der Waals surface area (Å²) in [5.74, 6) is 0. The summed E-state index contributed by atoms with van der Waals surface area (Å²) in [6, 6.07) is 50.2. The van der Waals surface area contributed by atoms with Crippen molar-refractivity contribution in [3.8, 4) is 55.6 Å². The van der Waals surface area contributed by atoms with Crippen LogP contribution in [0, 0.1) is 0 Å². The van der Waals surface area contributed by atoms with Crippen LogP contribution in [0.25, 0.3) is 66.4 Å². The Kier molecular flexibility index (Phi) is 6.36. The second kappa shape index (κ2) is 13.7. The van der Waals surface area contributed by atoms with Crippen molar-refractivity contribution in [1.29, 1.82) is 0 Å². The van der Waals surface area contributed by atoms with Crippen LogP contribution in [0.5, 0.6) is 0 Å². The van der Waals surface area contributed by atoms with Crippen molar-refractivity contribution < 1.29 is 11.0 Å². The first-order valence-electron chi connectivity index (χ1n) is 22.9. The van der Waals surface area contributed by atoms with E-state index >= 15 is 0 Å². The molecule has 0 saturated carbocycles. The Hall–Kier alpha value is -6.96. The third kappa shape index (κ3) is 5.90. The van der Waals surface area contributed by atoms with Gasteiger partial charge < -0.3 is 4.90 Å². The van der Waals surface area contributed by atoms with E-state index < -0.39 is 5.41 Å². The van der Waals surface area contributed by atoms with Gasteiger partial charge in [-0.15, -0.1) is 0 Å². The van der Waals surface area contributed by atoms with E-state index in [1.165, 1.54) is 4.90 Å². The van der Waals surface area contributed by atoms with Crippen LogP contribution >= 0.6 is 0 Å². The highest BCUT2D eigenvalue weighted by molar-refractivity contribution is 5.90. The Balaban J connectivity index is 1.15. The summed E-state index contributed by atoms with van der Waals surface area (Å²) in [5.41, 5.74) is 8.84. The van der Waals surface area contributed by atoms with Gasteiger partial charge in [-0.1, -0.05) is 178 Å². The predicted octanol–water partition coefficient (Wildman–Crippen LogP) is 15.3. The van der Waals surface area contributed by atoms with E-state index in [0.29, 0.717) is 16.8 Å². The quantitative estimate of drug-likeness (QED) is 0.158. The molecule has 0 fully saturated rings. The molecule has 0 unspecified atom stereocenters. The summed E-state index contributed by atoms with van der Waals surface area (Å²) in [7, 11) is 0. The van der Waals surface area contributed by atoms with Crippen molar-refractivity contribution in [1.82, 2.24) is 0 Å². The monoisotopic (exact) mass is 723 g/mol. The summed E-state index contributed by atoms with van der Waals surface area (Å²) < 4.78 is 76.0. The molecule has 1 nitrogen and oxygen atoms in total. The second-order valence-corrected chi connectivity index (χ2v) is 14.7. The van der Waals surface area contributed by atoms with E-state index in [-0.39, 0.29) is 70.8 Å². The maximum Gasteiger partial charge on any atom is 0.0645 e. The normalized spacial score (nSPS) is 14.6. The van der Waals surface area contributed by atoms with Crippen LogP contribution in [0.2, 0.25) is 0 Å². The van der Waals surface area contributed by atoms with Gasteiger partial charge in [0.15, 0.2) is 0 Å². The zero-order valence-corrected chi connectivity index (χ0v) is 31.0. The second-order valence-electron chi connectivity index (χ2n) is 14.7. The SMILES string of the molecule is [2H]c1c([2H])c(N(c2ccc(-c3cccc(-c4ccc5ccccc5c4)c3)cc2)c2c([2H])c([2H])c(-c3cccc4c3C(C)(C)c3ccccc3-4)c([2H])c2[2H])c([2H])c([2H])c1-c1ccccc1. The van der Waals surface area contributed by atoms with Crippen LogP contribution in [-0.2, 0) is 5.41 Å². The molecule has 0 spiro atoms. The highest BCUT2D eigenvalue weighted by atomic mass is 15.1. The molecule has 9 aromatic rings. The Morgan fingerprint density at radius 3 is 1.62 bits per heavy atom. The van der Waals surface area contributed by atoms with E-state index in [1.807, 2.05) is 72.8 Å². The van der Waals surface area contributed by atoms with Crippen molar-refractivity contribution in [2.45, 2.75) is 19.3 Å². The summed E-state index contributed by atoms with van der Waals surface area (Å²) >= 11 is 0. The van der Waals surface area contributed by atoms with Gasteiger partial charge in [-0.3, -0.25) is 0 Å². The van der Waals surface area contributed by atoms with Crippen LogP contribution < -0.4 is 4.90 Å². The minimum Gasteiger partial charge on any atom is -0.311 e.